The lowest BCUT2D eigenvalue weighted by Crippen LogP contribution is -2.02. The van der Waals surface area contributed by atoms with E-state index >= 15 is 0 Å². The van der Waals surface area contributed by atoms with Gasteiger partial charge in [-0.3, -0.25) is 0 Å². The third kappa shape index (κ3) is 2.83. The molecule has 90 valence electrons. The molecule has 0 bridgehead atoms. The zero-order valence-corrected chi connectivity index (χ0v) is 9.45. The van der Waals surface area contributed by atoms with Crippen molar-refractivity contribution in [3.63, 3.8) is 0 Å². The van der Waals surface area contributed by atoms with Crippen LogP contribution in [0.2, 0.25) is 0 Å². The minimum Gasteiger partial charge on any atom is -0.381 e. The Balaban J connectivity index is 2.10. The van der Waals surface area contributed by atoms with E-state index in [-0.39, 0.29) is 18.2 Å². The van der Waals surface area contributed by atoms with E-state index in [9.17, 15) is 8.78 Å². The Morgan fingerprint density at radius 2 is 1.78 bits per heavy atom. The molecule has 0 amide bonds. The fourth-order valence-electron chi connectivity index (χ4n) is 1.54. The highest BCUT2D eigenvalue weighted by Crippen LogP contribution is 2.14. The number of nitriles is 1. The summed E-state index contributed by atoms with van der Waals surface area (Å²) in [6.45, 7) is 0.243. The molecule has 0 saturated carbocycles. The molecule has 1 N–H and O–H groups in total. The third-order valence-corrected chi connectivity index (χ3v) is 2.50. The molecule has 0 aliphatic heterocycles. The summed E-state index contributed by atoms with van der Waals surface area (Å²) in [6, 6.07) is 11.9. The lowest BCUT2D eigenvalue weighted by Gasteiger charge is -2.07. The number of anilines is 1. The van der Waals surface area contributed by atoms with Crippen LogP contribution in [0.5, 0.6) is 0 Å². The van der Waals surface area contributed by atoms with Crippen molar-refractivity contribution < 1.29 is 8.78 Å². The van der Waals surface area contributed by atoms with Gasteiger partial charge in [-0.15, -0.1) is 0 Å². The largest absolute Gasteiger partial charge is 0.381 e. The van der Waals surface area contributed by atoms with Crippen LogP contribution < -0.4 is 5.32 Å². The van der Waals surface area contributed by atoms with Crippen molar-refractivity contribution in [2.24, 2.45) is 0 Å². The highest BCUT2D eigenvalue weighted by molar-refractivity contribution is 5.44. The maximum absolute atomic E-state index is 13.5. The molecule has 0 aromatic heterocycles. The van der Waals surface area contributed by atoms with E-state index in [4.69, 9.17) is 5.26 Å². The number of benzene rings is 2. The minimum atomic E-state index is -0.372. The van der Waals surface area contributed by atoms with Crippen LogP contribution in [-0.4, -0.2) is 0 Å². The van der Waals surface area contributed by atoms with Crippen LogP contribution in [0.4, 0.5) is 14.5 Å². The van der Waals surface area contributed by atoms with Gasteiger partial charge < -0.3 is 5.32 Å². The first-order valence-corrected chi connectivity index (χ1v) is 5.37. The molecule has 0 heterocycles. The molecule has 0 unspecified atom stereocenters. The van der Waals surface area contributed by atoms with Gasteiger partial charge in [-0.1, -0.05) is 0 Å². The highest BCUT2D eigenvalue weighted by Gasteiger charge is 2.03. The molecule has 2 rings (SSSR count). The van der Waals surface area contributed by atoms with E-state index in [0.717, 1.165) is 0 Å². The minimum absolute atomic E-state index is 0.243. The average molecular weight is 244 g/mol. The van der Waals surface area contributed by atoms with Crippen molar-refractivity contribution in [2.45, 2.75) is 6.54 Å². The number of hydrogen-bond donors (Lipinski definition) is 1. The lowest BCUT2D eigenvalue weighted by molar-refractivity contribution is 0.612. The molecule has 18 heavy (non-hydrogen) atoms. The number of hydrogen-bond acceptors (Lipinski definition) is 2. The predicted octanol–water partition coefficient (Wildman–Crippen LogP) is 3.45. The number of rotatable bonds is 3. The number of nitrogens with zero attached hydrogens (tertiary/aromatic N) is 1. The monoisotopic (exact) mass is 244 g/mol. The SMILES string of the molecule is N#Cc1ccc(F)c(CNc2ccc(F)cc2)c1. The quantitative estimate of drug-likeness (QED) is 0.897. The summed E-state index contributed by atoms with van der Waals surface area (Å²) in [5.74, 6) is -0.693. The van der Waals surface area contributed by atoms with Crippen LogP contribution >= 0.6 is 0 Å². The maximum atomic E-state index is 13.5. The normalized spacial score (nSPS) is 9.83. The molecular formula is C14H10F2N2. The Morgan fingerprint density at radius 3 is 2.44 bits per heavy atom. The van der Waals surface area contributed by atoms with Crippen LogP contribution in [0.1, 0.15) is 11.1 Å². The maximum Gasteiger partial charge on any atom is 0.128 e. The molecule has 2 nitrogen and oxygen atoms in total. The Bertz CT molecular complexity index is 586. The summed E-state index contributed by atoms with van der Waals surface area (Å²) in [5.41, 5.74) is 1.50. The summed E-state index contributed by atoms with van der Waals surface area (Å²) in [6.07, 6.45) is 0. The van der Waals surface area contributed by atoms with Crippen LogP contribution in [0, 0.1) is 23.0 Å². The van der Waals surface area contributed by atoms with Gasteiger partial charge in [-0.05, 0) is 42.5 Å². The van der Waals surface area contributed by atoms with Crippen molar-refractivity contribution in [3.8, 4) is 6.07 Å². The molecular weight excluding hydrogens is 234 g/mol. The van der Waals surface area contributed by atoms with Crippen LogP contribution in [0.15, 0.2) is 42.5 Å². The summed E-state index contributed by atoms with van der Waals surface area (Å²) in [4.78, 5) is 0. The molecule has 0 aliphatic carbocycles. The van der Waals surface area contributed by atoms with Gasteiger partial charge in [0.2, 0.25) is 0 Å². The smallest absolute Gasteiger partial charge is 0.128 e. The fourth-order valence-corrected chi connectivity index (χ4v) is 1.54. The second-order valence-corrected chi connectivity index (χ2v) is 3.78. The molecule has 0 fully saturated rings. The van der Waals surface area contributed by atoms with Crippen molar-refractivity contribution in [3.05, 3.63) is 65.2 Å². The molecule has 2 aromatic rings. The first-order chi connectivity index (χ1) is 8.69. The van der Waals surface area contributed by atoms with E-state index in [1.807, 2.05) is 6.07 Å². The first-order valence-electron chi connectivity index (χ1n) is 5.37. The zero-order valence-electron chi connectivity index (χ0n) is 9.45. The third-order valence-electron chi connectivity index (χ3n) is 2.50. The van der Waals surface area contributed by atoms with Crippen LogP contribution in [0.3, 0.4) is 0 Å². The van der Waals surface area contributed by atoms with Gasteiger partial charge in [0.25, 0.3) is 0 Å². The van der Waals surface area contributed by atoms with Crippen molar-refractivity contribution in [1.82, 2.24) is 0 Å². The lowest BCUT2D eigenvalue weighted by atomic mass is 10.1. The van der Waals surface area contributed by atoms with Gasteiger partial charge in [-0.25, -0.2) is 8.78 Å². The standard InChI is InChI=1S/C14H10F2N2/c15-12-2-4-13(5-3-12)18-9-11-7-10(8-17)1-6-14(11)16/h1-7,18H,9H2. The van der Waals surface area contributed by atoms with E-state index in [0.29, 0.717) is 16.8 Å². The summed E-state index contributed by atoms with van der Waals surface area (Å²) in [7, 11) is 0. The second kappa shape index (κ2) is 5.28. The summed E-state index contributed by atoms with van der Waals surface area (Å²) in [5, 5.41) is 11.7. The van der Waals surface area contributed by atoms with Gasteiger partial charge >= 0.3 is 0 Å². The molecule has 4 heteroatoms. The van der Waals surface area contributed by atoms with E-state index in [1.165, 1.54) is 30.3 Å². The number of nitrogens with one attached hydrogen (secondary N) is 1. The topological polar surface area (TPSA) is 35.8 Å². The first kappa shape index (κ1) is 12.1. The van der Waals surface area contributed by atoms with E-state index in [2.05, 4.69) is 5.32 Å². The molecule has 0 aliphatic rings. The average Bonchev–Trinajstić information content (AvgIpc) is 2.40. The van der Waals surface area contributed by atoms with Crippen molar-refractivity contribution >= 4 is 5.69 Å². The van der Waals surface area contributed by atoms with E-state index in [1.54, 1.807) is 12.1 Å². The fraction of sp³-hybridized carbons (Fsp3) is 0.0714. The summed E-state index contributed by atoms with van der Waals surface area (Å²) >= 11 is 0. The van der Waals surface area contributed by atoms with Gasteiger partial charge in [0.05, 0.1) is 11.6 Å². The van der Waals surface area contributed by atoms with Crippen molar-refractivity contribution in [1.29, 1.82) is 5.26 Å². The van der Waals surface area contributed by atoms with Gasteiger partial charge in [0.15, 0.2) is 0 Å². The highest BCUT2D eigenvalue weighted by atomic mass is 19.1. The van der Waals surface area contributed by atoms with Gasteiger partial charge in [0, 0.05) is 17.8 Å². The Morgan fingerprint density at radius 1 is 1.06 bits per heavy atom. The van der Waals surface area contributed by atoms with Crippen LogP contribution in [0.25, 0.3) is 0 Å². The number of halogens is 2. The van der Waals surface area contributed by atoms with Crippen LogP contribution in [-0.2, 0) is 6.54 Å². The molecule has 0 atom stereocenters. The van der Waals surface area contributed by atoms with Gasteiger partial charge in [0.1, 0.15) is 11.6 Å². The molecule has 0 saturated heterocycles. The van der Waals surface area contributed by atoms with Crippen molar-refractivity contribution in [2.75, 3.05) is 5.32 Å². The molecule has 0 radical (unpaired) electrons. The zero-order chi connectivity index (χ0) is 13.0. The van der Waals surface area contributed by atoms with E-state index < -0.39 is 0 Å². The predicted molar refractivity (Wildman–Crippen MR) is 64.8 cm³/mol. The molecule has 2 aromatic carbocycles. The Hall–Kier alpha value is -2.41. The summed E-state index contributed by atoms with van der Waals surface area (Å²) < 4.78 is 26.2. The second-order valence-electron chi connectivity index (χ2n) is 3.78. The molecule has 0 spiro atoms. The van der Waals surface area contributed by atoms with Gasteiger partial charge in [-0.2, -0.15) is 5.26 Å². The Kier molecular flexibility index (Phi) is 3.54. The Labute approximate surface area is 103 Å².